The molecule has 4 rings (SSSR count). The first-order chi connectivity index (χ1) is 11.5. The Morgan fingerprint density at radius 1 is 1.29 bits per heavy atom. The molecule has 126 valence electrons. The molecule has 2 aliphatic rings. The van der Waals surface area contributed by atoms with Gasteiger partial charge in [-0.15, -0.1) is 0 Å². The summed E-state index contributed by atoms with van der Waals surface area (Å²) in [6, 6.07) is 9.57. The number of benzene rings is 1. The lowest BCUT2D eigenvalue weighted by atomic mass is 10.1. The van der Waals surface area contributed by atoms with Gasteiger partial charge in [-0.3, -0.25) is 0 Å². The van der Waals surface area contributed by atoms with E-state index >= 15 is 0 Å². The Kier molecular flexibility index (Phi) is 3.41. The molecule has 2 aromatic rings. The van der Waals surface area contributed by atoms with Gasteiger partial charge >= 0.3 is 6.03 Å². The Morgan fingerprint density at radius 3 is 2.62 bits per heavy atom. The molecule has 5 heteroatoms. The largest absolute Gasteiger partial charge is 0.438 e. The van der Waals surface area contributed by atoms with E-state index < -0.39 is 0 Å². The SMILES string of the molecule is C[C@H](NC(=O)N1C[C@@H]2[C@H](C1)C2(C)C)c1ncc(-c2ccccc2)o1. The minimum Gasteiger partial charge on any atom is -0.438 e. The van der Waals surface area contributed by atoms with Gasteiger partial charge in [-0.1, -0.05) is 44.2 Å². The number of rotatable bonds is 3. The van der Waals surface area contributed by atoms with Crippen molar-refractivity contribution in [3.8, 4) is 11.3 Å². The van der Waals surface area contributed by atoms with Gasteiger partial charge in [0.25, 0.3) is 0 Å². The maximum atomic E-state index is 12.4. The molecule has 24 heavy (non-hydrogen) atoms. The number of amides is 2. The molecule has 1 saturated heterocycles. The standard InChI is InChI=1S/C19H23N3O2/c1-12(17-20-9-16(24-17)13-7-5-4-6-8-13)21-18(23)22-10-14-15(11-22)19(14,2)3/h4-9,12,14-15H,10-11H2,1-3H3,(H,21,23)/t12-,14-,15+/m0/s1. The van der Waals surface area contributed by atoms with Crippen molar-refractivity contribution in [2.45, 2.75) is 26.8 Å². The van der Waals surface area contributed by atoms with Gasteiger partial charge in [0, 0.05) is 18.7 Å². The van der Waals surface area contributed by atoms with Crippen molar-refractivity contribution in [1.29, 1.82) is 0 Å². The Morgan fingerprint density at radius 2 is 1.96 bits per heavy atom. The van der Waals surface area contributed by atoms with Crippen LogP contribution in [0.4, 0.5) is 4.79 Å². The Bertz CT molecular complexity index is 739. The maximum Gasteiger partial charge on any atom is 0.318 e. The molecule has 5 nitrogen and oxygen atoms in total. The highest BCUT2D eigenvalue weighted by Crippen LogP contribution is 2.61. The summed E-state index contributed by atoms with van der Waals surface area (Å²) in [6.45, 7) is 8.20. The van der Waals surface area contributed by atoms with Gasteiger partial charge in [-0.05, 0) is 24.2 Å². The van der Waals surface area contributed by atoms with E-state index in [4.69, 9.17) is 4.42 Å². The second-order valence-corrected chi connectivity index (χ2v) is 7.54. The van der Waals surface area contributed by atoms with E-state index in [-0.39, 0.29) is 12.1 Å². The lowest BCUT2D eigenvalue weighted by molar-refractivity contribution is 0.191. The molecule has 0 spiro atoms. The number of hydrogen-bond donors (Lipinski definition) is 1. The number of aromatic nitrogens is 1. The fraction of sp³-hybridized carbons (Fsp3) is 0.474. The molecule has 0 radical (unpaired) electrons. The number of hydrogen-bond acceptors (Lipinski definition) is 3. The van der Waals surface area contributed by atoms with Crippen molar-refractivity contribution in [1.82, 2.24) is 15.2 Å². The number of likely N-dealkylation sites (tertiary alicyclic amines) is 1. The number of nitrogens with one attached hydrogen (secondary N) is 1. The van der Waals surface area contributed by atoms with E-state index in [9.17, 15) is 4.79 Å². The number of urea groups is 1. The monoisotopic (exact) mass is 325 g/mol. The third-order valence-electron chi connectivity index (χ3n) is 5.70. The van der Waals surface area contributed by atoms with Gasteiger partial charge < -0.3 is 14.6 Å². The van der Waals surface area contributed by atoms with Gasteiger partial charge in [0.15, 0.2) is 5.76 Å². The molecule has 2 heterocycles. The number of piperidine rings is 1. The zero-order valence-electron chi connectivity index (χ0n) is 14.3. The third kappa shape index (κ3) is 2.48. The summed E-state index contributed by atoms with van der Waals surface area (Å²) in [5.74, 6) is 2.57. The highest BCUT2D eigenvalue weighted by Gasteiger charge is 2.62. The van der Waals surface area contributed by atoms with Crippen LogP contribution in [0.15, 0.2) is 40.9 Å². The predicted molar refractivity (Wildman–Crippen MR) is 91.2 cm³/mol. The molecule has 2 fully saturated rings. The van der Waals surface area contributed by atoms with Gasteiger partial charge in [-0.2, -0.15) is 0 Å². The zero-order valence-corrected chi connectivity index (χ0v) is 14.3. The topological polar surface area (TPSA) is 58.4 Å². The molecule has 0 unspecified atom stereocenters. The van der Waals surface area contributed by atoms with Gasteiger partial charge in [0.05, 0.1) is 6.20 Å². The molecule has 1 N–H and O–H groups in total. The van der Waals surface area contributed by atoms with Crippen molar-refractivity contribution in [2.75, 3.05) is 13.1 Å². The summed E-state index contributed by atoms with van der Waals surface area (Å²) in [4.78, 5) is 18.7. The molecule has 1 aromatic carbocycles. The van der Waals surface area contributed by atoms with Crippen LogP contribution in [0.3, 0.4) is 0 Å². The second-order valence-electron chi connectivity index (χ2n) is 7.54. The first-order valence-corrected chi connectivity index (χ1v) is 8.53. The molecule has 1 saturated carbocycles. The van der Waals surface area contributed by atoms with Gasteiger partial charge in [0.1, 0.15) is 6.04 Å². The average molecular weight is 325 g/mol. The minimum absolute atomic E-state index is 0.0232. The second kappa shape index (κ2) is 5.36. The number of oxazole rings is 1. The Labute approximate surface area is 142 Å². The Balaban J connectivity index is 1.38. The highest BCUT2D eigenvalue weighted by molar-refractivity contribution is 5.75. The van der Waals surface area contributed by atoms with E-state index in [2.05, 4.69) is 24.1 Å². The van der Waals surface area contributed by atoms with Crippen LogP contribution < -0.4 is 5.32 Å². The van der Waals surface area contributed by atoms with E-state index in [1.165, 1.54) is 0 Å². The van der Waals surface area contributed by atoms with Crippen LogP contribution in [0.5, 0.6) is 0 Å². The molecule has 1 aliphatic carbocycles. The Hall–Kier alpha value is -2.30. The van der Waals surface area contributed by atoms with E-state index in [0.29, 0.717) is 23.1 Å². The van der Waals surface area contributed by atoms with Gasteiger partial charge in [-0.25, -0.2) is 9.78 Å². The number of carbonyl (C=O) groups is 1. The summed E-state index contributed by atoms with van der Waals surface area (Å²) in [7, 11) is 0. The third-order valence-corrected chi connectivity index (χ3v) is 5.70. The molecular weight excluding hydrogens is 302 g/mol. The summed E-state index contributed by atoms with van der Waals surface area (Å²) < 4.78 is 5.81. The van der Waals surface area contributed by atoms with E-state index in [0.717, 1.165) is 24.4 Å². The fourth-order valence-corrected chi connectivity index (χ4v) is 3.86. The lowest BCUT2D eigenvalue weighted by Gasteiger charge is -2.23. The van der Waals surface area contributed by atoms with Crippen molar-refractivity contribution in [3.05, 3.63) is 42.4 Å². The van der Waals surface area contributed by atoms with E-state index in [1.807, 2.05) is 42.2 Å². The van der Waals surface area contributed by atoms with Crippen LogP contribution in [0.2, 0.25) is 0 Å². The molecule has 3 atom stereocenters. The van der Waals surface area contributed by atoms with Crippen molar-refractivity contribution >= 4 is 6.03 Å². The molecule has 1 aromatic heterocycles. The maximum absolute atomic E-state index is 12.4. The normalized spacial score (nSPS) is 25.2. The van der Waals surface area contributed by atoms with Crippen molar-refractivity contribution in [2.24, 2.45) is 17.3 Å². The first kappa shape index (κ1) is 15.2. The summed E-state index contributed by atoms with van der Waals surface area (Å²) >= 11 is 0. The zero-order chi connectivity index (χ0) is 16.9. The quantitative estimate of drug-likeness (QED) is 0.936. The van der Waals surface area contributed by atoms with Crippen LogP contribution in [-0.2, 0) is 0 Å². The van der Waals surface area contributed by atoms with Crippen LogP contribution >= 0.6 is 0 Å². The van der Waals surface area contributed by atoms with Crippen molar-refractivity contribution in [3.63, 3.8) is 0 Å². The number of carbonyl (C=O) groups excluding carboxylic acids is 1. The van der Waals surface area contributed by atoms with Crippen LogP contribution in [0.1, 0.15) is 32.7 Å². The summed E-state index contributed by atoms with van der Waals surface area (Å²) in [5.41, 5.74) is 1.40. The van der Waals surface area contributed by atoms with Crippen molar-refractivity contribution < 1.29 is 9.21 Å². The fourth-order valence-electron chi connectivity index (χ4n) is 3.86. The number of nitrogens with zero attached hydrogens (tertiary/aromatic N) is 2. The lowest BCUT2D eigenvalue weighted by Crippen LogP contribution is -2.41. The summed E-state index contributed by atoms with van der Waals surface area (Å²) in [5, 5.41) is 3.00. The molecular formula is C19H23N3O2. The predicted octanol–water partition coefficient (Wildman–Crippen LogP) is 3.70. The average Bonchev–Trinajstić information content (AvgIpc) is 3.07. The van der Waals surface area contributed by atoms with Crippen LogP contribution in [0, 0.1) is 17.3 Å². The molecule has 0 bridgehead atoms. The van der Waals surface area contributed by atoms with Gasteiger partial charge in [0.2, 0.25) is 5.89 Å². The first-order valence-electron chi connectivity index (χ1n) is 8.53. The molecule has 1 aliphatic heterocycles. The minimum atomic E-state index is -0.250. The van der Waals surface area contributed by atoms with Crippen LogP contribution in [0.25, 0.3) is 11.3 Å². The highest BCUT2D eigenvalue weighted by atomic mass is 16.4. The summed E-state index contributed by atoms with van der Waals surface area (Å²) in [6.07, 6.45) is 1.71. The molecule has 2 amide bonds. The van der Waals surface area contributed by atoms with E-state index in [1.54, 1.807) is 6.20 Å². The smallest absolute Gasteiger partial charge is 0.318 e. The van der Waals surface area contributed by atoms with Crippen LogP contribution in [-0.4, -0.2) is 29.0 Å². The number of fused-ring (bicyclic) bond motifs is 1.